The van der Waals surface area contributed by atoms with E-state index < -0.39 is 24.4 Å². The lowest BCUT2D eigenvalue weighted by molar-refractivity contribution is -0.127. The van der Waals surface area contributed by atoms with Gasteiger partial charge in [0.25, 0.3) is 0 Å². The Bertz CT molecular complexity index is 883. The molecule has 1 fully saturated rings. The summed E-state index contributed by atoms with van der Waals surface area (Å²) in [7, 11) is 1.37. The molecule has 1 aliphatic rings. The number of hydrogen-bond acceptors (Lipinski definition) is 3. The fourth-order valence-corrected chi connectivity index (χ4v) is 3.08. The van der Waals surface area contributed by atoms with Gasteiger partial charge in [-0.1, -0.05) is 24.3 Å². The molecular formula is C20H20F3N3O2. The fraction of sp³-hybridized carbons (Fsp3) is 0.300. The number of nitrogens with one attached hydrogen (secondary N) is 1. The highest BCUT2D eigenvalue weighted by Gasteiger charge is 2.31. The van der Waals surface area contributed by atoms with Crippen molar-refractivity contribution < 1.29 is 22.7 Å². The topological polar surface area (TPSA) is 79.4 Å². The van der Waals surface area contributed by atoms with Crippen LogP contribution in [0.1, 0.15) is 41.4 Å². The van der Waals surface area contributed by atoms with Crippen molar-refractivity contribution in [2.75, 3.05) is 7.05 Å². The van der Waals surface area contributed by atoms with Gasteiger partial charge in [-0.3, -0.25) is 15.1 Å². The molecule has 1 atom stereocenters. The van der Waals surface area contributed by atoms with E-state index in [4.69, 9.17) is 11.1 Å². The summed E-state index contributed by atoms with van der Waals surface area (Å²) in [5.41, 5.74) is 7.04. The molecule has 3 rings (SSSR count). The minimum absolute atomic E-state index is 0.0392. The average molecular weight is 391 g/mol. The number of likely N-dealkylation sites (N-methyl/N-ethyl adjacent to an activating group) is 1. The third-order valence-electron chi connectivity index (χ3n) is 4.75. The zero-order valence-electron chi connectivity index (χ0n) is 15.2. The number of carbonyl (C=O) groups is 1. The van der Waals surface area contributed by atoms with Crippen LogP contribution in [0.25, 0.3) is 0 Å². The predicted molar refractivity (Wildman–Crippen MR) is 98.0 cm³/mol. The molecule has 1 unspecified atom stereocenters. The number of ether oxygens (including phenoxy) is 1. The standard InChI is InChI=1S/C20H20F3N3O2/c1-26(20(24)25)18(27)17(12-4-7-14(8-5-12)28-19(22)23)13-6-9-16(21)15(10-13)11-2-3-11/h4-11,17,19H,2-3H2,1H3,(H3,24,25). The number of hydrogen-bond donors (Lipinski definition) is 2. The normalized spacial score (nSPS) is 14.6. The van der Waals surface area contributed by atoms with E-state index in [0.717, 1.165) is 17.7 Å². The van der Waals surface area contributed by atoms with Gasteiger partial charge in [0.15, 0.2) is 5.96 Å². The Kier molecular flexibility index (Phi) is 5.58. The maximum Gasteiger partial charge on any atom is 0.387 e. The van der Waals surface area contributed by atoms with Gasteiger partial charge >= 0.3 is 6.61 Å². The van der Waals surface area contributed by atoms with Gasteiger partial charge in [0, 0.05) is 7.05 Å². The van der Waals surface area contributed by atoms with Crippen LogP contribution in [0.3, 0.4) is 0 Å². The Morgan fingerprint density at radius 2 is 1.79 bits per heavy atom. The van der Waals surface area contributed by atoms with E-state index in [1.165, 1.54) is 43.4 Å². The van der Waals surface area contributed by atoms with E-state index >= 15 is 0 Å². The lowest BCUT2D eigenvalue weighted by Gasteiger charge is -2.24. The summed E-state index contributed by atoms with van der Waals surface area (Å²) in [4.78, 5) is 14.0. The number of nitrogens with zero attached hydrogens (tertiary/aromatic N) is 1. The van der Waals surface area contributed by atoms with E-state index in [9.17, 15) is 18.0 Å². The summed E-state index contributed by atoms with van der Waals surface area (Å²) in [6.07, 6.45) is 1.79. The molecule has 148 valence electrons. The Hall–Kier alpha value is -3.03. The smallest absolute Gasteiger partial charge is 0.387 e. The van der Waals surface area contributed by atoms with Gasteiger partial charge in [-0.05, 0) is 53.6 Å². The number of nitrogens with two attached hydrogens (primary N) is 1. The first-order chi connectivity index (χ1) is 13.3. The predicted octanol–water partition coefficient (Wildman–Crippen LogP) is 3.79. The number of benzene rings is 2. The summed E-state index contributed by atoms with van der Waals surface area (Å²) < 4.78 is 43.2. The second kappa shape index (κ2) is 7.92. The molecule has 0 heterocycles. The summed E-state index contributed by atoms with van der Waals surface area (Å²) in [5.74, 6) is -2.00. The van der Waals surface area contributed by atoms with E-state index in [1.807, 2.05) is 0 Å². The van der Waals surface area contributed by atoms with Crippen LogP contribution >= 0.6 is 0 Å². The molecule has 0 saturated heterocycles. The lowest BCUT2D eigenvalue weighted by atomic mass is 9.88. The highest BCUT2D eigenvalue weighted by molar-refractivity contribution is 5.99. The maximum absolute atomic E-state index is 14.2. The first-order valence-electron chi connectivity index (χ1n) is 8.73. The van der Waals surface area contributed by atoms with Crippen molar-refractivity contribution in [2.24, 2.45) is 5.73 Å². The molecule has 1 saturated carbocycles. The van der Waals surface area contributed by atoms with Crippen LogP contribution in [-0.2, 0) is 4.79 Å². The highest BCUT2D eigenvalue weighted by Crippen LogP contribution is 2.42. The van der Waals surface area contributed by atoms with Gasteiger partial charge in [0.1, 0.15) is 11.6 Å². The van der Waals surface area contributed by atoms with Crippen LogP contribution < -0.4 is 10.5 Å². The van der Waals surface area contributed by atoms with Crippen LogP contribution in [0, 0.1) is 11.2 Å². The number of halogens is 3. The van der Waals surface area contributed by atoms with E-state index in [1.54, 1.807) is 6.07 Å². The quantitative estimate of drug-likeness (QED) is 0.581. The average Bonchev–Trinajstić information content (AvgIpc) is 3.48. The number of alkyl halides is 2. The summed E-state index contributed by atoms with van der Waals surface area (Å²) >= 11 is 0. The van der Waals surface area contributed by atoms with Crippen molar-refractivity contribution >= 4 is 11.9 Å². The molecular weight excluding hydrogens is 371 g/mol. The maximum atomic E-state index is 14.2. The Balaban J connectivity index is 2.01. The zero-order valence-corrected chi connectivity index (χ0v) is 15.2. The highest BCUT2D eigenvalue weighted by atomic mass is 19.3. The second-order valence-electron chi connectivity index (χ2n) is 6.72. The van der Waals surface area contributed by atoms with Gasteiger partial charge in [0.05, 0.1) is 5.92 Å². The Morgan fingerprint density at radius 1 is 1.18 bits per heavy atom. The summed E-state index contributed by atoms with van der Waals surface area (Å²) in [5, 5.41) is 7.53. The minimum Gasteiger partial charge on any atom is -0.435 e. The molecule has 2 aromatic carbocycles. The van der Waals surface area contributed by atoms with Gasteiger partial charge < -0.3 is 10.5 Å². The van der Waals surface area contributed by atoms with Crippen molar-refractivity contribution in [1.82, 2.24) is 4.90 Å². The SMILES string of the molecule is CN(C(=N)N)C(=O)C(c1ccc(OC(F)F)cc1)c1ccc(F)c(C2CC2)c1. The molecule has 8 heteroatoms. The summed E-state index contributed by atoms with van der Waals surface area (Å²) in [6.45, 7) is -2.95. The second-order valence-corrected chi connectivity index (χ2v) is 6.72. The molecule has 2 aromatic rings. The zero-order chi connectivity index (χ0) is 20.4. The van der Waals surface area contributed by atoms with Gasteiger partial charge in [-0.2, -0.15) is 8.78 Å². The lowest BCUT2D eigenvalue weighted by Crippen LogP contribution is -2.41. The van der Waals surface area contributed by atoms with Crippen molar-refractivity contribution in [2.45, 2.75) is 31.3 Å². The molecule has 0 spiro atoms. The molecule has 1 amide bonds. The number of guanidine groups is 1. The molecule has 3 N–H and O–H groups in total. The third-order valence-corrected chi connectivity index (χ3v) is 4.75. The third kappa shape index (κ3) is 4.27. The largest absolute Gasteiger partial charge is 0.435 e. The molecule has 5 nitrogen and oxygen atoms in total. The van der Waals surface area contributed by atoms with Crippen molar-refractivity contribution in [3.8, 4) is 5.75 Å². The van der Waals surface area contributed by atoms with Crippen molar-refractivity contribution in [3.63, 3.8) is 0 Å². The number of carbonyl (C=O) groups excluding carboxylic acids is 1. The molecule has 0 bridgehead atoms. The minimum atomic E-state index is -2.95. The Morgan fingerprint density at radius 3 is 2.32 bits per heavy atom. The van der Waals surface area contributed by atoms with Gasteiger partial charge in [-0.25, -0.2) is 4.39 Å². The fourth-order valence-electron chi connectivity index (χ4n) is 3.08. The van der Waals surface area contributed by atoms with Gasteiger partial charge in [0.2, 0.25) is 5.91 Å². The molecule has 0 aromatic heterocycles. The van der Waals surface area contributed by atoms with E-state index in [0.29, 0.717) is 16.7 Å². The number of rotatable bonds is 6. The first kappa shape index (κ1) is 19.7. The molecule has 0 aliphatic heterocycles. The molecule has 1 aliphatic carbocycles. The van der Waals surface area contributed by atoms with Crippen LogP contribution in [-0.4, -0.2) is 30.4 Å². The Labute approximate surface area is 160 Å². The van der Waals surface area contributed by atoms with Crippen LogP contribution in [0.2, 0.25) is 0 Å². The van der Waals surface area contributed by atoms with Crippen molar-refractivity contribution in [3.05, 3.63) is 65.0 Å². The van der Waals surface area contributed by atoms with Crippen LogP contribution in [0.15, 0.2) is 42.5 Å². The van der Waals surface area contributed by atoms with Crippen molar-refractivity contribution in [1.29, 1.82) is 5.41 Å². The molecule has 28 heavy (non-hydrogen) atoms. The van der Waals surface area contributed by atoms with Crippen LogP contribution in [0.4, 0.5) is 13.2 Å². The molecule has 0 radical (unpaired) electrons. The van der Waals surface area contributed by atoms with Crippen LogP contribution in [0.5, 0.6) is 5.75 Å². The van der Waals surface area contributed by atoms with E-state index in [-0.39, 0.29) is 17.5 Å². The van der Waals surface area contributed by atoms with Gasteiger partial charge in [-0.15, -0.1) is 0 Å². The summed E-state index contributed by atoms with van der Waals surface area (Å²) in [6, 6.07) is 10.2. The number of amides is 1. The first-order valence-corrected chi connectivity index (χ1v) is 8.73. The monoisotopic (exact) mass is 391 g/mol. The van der Waals surface area contributed by atoms with E-state index in [2.05, 4.69) is 4.74 Å².